The van der Waals surface area contributed by atoms with Gasteiger partial charge in [-0.15, -0.1) is 0 Å². The van der Waals surface area contributed by atoms with Crippen LogP contribution in [0.25, 0.3) is 0 Å². The molecular formula is C29H42N2O2. The van der Waals surface area contributed by atoms with Crippen molar-refractivity contribution >= 4 is 0 Å². The lowest BCUT2D eigenvalue weighted by molar-refractivity contribution is -0.0314. The van der Waals surface area contributed by atoms with E-state index in [9.17, 15) is 0 Å². The molecule has 0 N–H and O–H groups in total. The van der Waals surface area contributed by atoms with E-state index in [1.54, 1.807) is 0 Å². The molecule has 3 atom stereocenters. The first-order chi connectivity index (χ1) is 16.1. The van der Waals surface area contributed by atoms with Gasteiger partial charge in [0.05, 0.1) is 31.4 Å². The molecule has 0 spiro atoms. The normalized spacial score (nSPS) is 23.4. The minimum absolute atomic E-state index is 0.270. The first-order valence-electron chi connectivity index (χ1n) is 13.1. The molecule has 2 heterocycles. The van der Waals surface area contributed by atoms with Crippen LogP contribution in [-0.2, 0) is 11.3 Å². The highest BCUT2D eigenvalue weighted by atomic mass is 16.5. The van der Waals surface area contributed by atoms with Crippen LogP contribution in [0.4, 0.5) is 0 Å². The maximum absolute atomic E-state index is 6.45. The summed E-state index contributed by atoms with van der Waals surface area (Å²) >= 11 is 0. The second-order valence-electron chi connectivity index (χ2n) is 10.3. The Labute approximate surface area is 200 Å². The summed E-state index contributed by atoms with van der Waals surface area (Å²) in [7, 11) is 0. The van der Waals surface area contributed by atoms with Gasteiger partial charge in [-0.3, -0.25) is 4.90 Å². The Morgan fingerprint density at radius 2 is 1.94 bits per heavy atom. The number of aromatic nitrogens is 1. The lowest BCUT2D eigenvalue weighted by atomic mass is 9.77. The van der Waals surface area contributed by atoms with Crippen molar-refractivity contribution < 1.29 is 9.15 Å². The van der Waals surface area contributed by atoms with E-state index in [2.05, 4.69) is 62.1 Å². The summed E-state index contributed by atoms with van der Waals surface area (Å²) in [5.41, 5.74) is 2.66. The van der Waals surface area contributed by atoms with E-state index < -0.39 is 0 Å². The molecule has 33 heavy (non-hydrogen) atoms. The van der Waals surface area contributed by atoms with Crippen LogP contribution < -0.4 is 0 Å². The maximum Gasteiger partial charge on any atom is 0.202 e. The fourth-order valence-electron chi connectivity index (χ4n) is 5.67. The molecule has 1 saturated heterocycles. The van der Waals surface area contributed by atoms with Crippen molar-refractivity contribution in [3.05, 3.63) is 65.4 Å². The van der Waals surface area contributed by atoms with Gasteiger partial charge in [0.25, 0.3) is 0 Å². The maximum atomic E-state index is 6.45. The smallest absolute Gasteiger partial charge is 0.202 e. The number of benzene rings is 1. The lowest BCUT2D eigenvalue weighted by Crippen LogP contribution is -2.44. The predicted molar refractivity (Wildman–Crippen MR) is 134 cm³/mol. The van der Waals surface area contributed by atoms with E-state index in [4.69, 9.17) is 14.1 Å². The molecule has 180 valence electrons. The molecule has 3 unspecified atom stereocenters. The molecule has 2 aromatic rings. The Morgan fingerprint density at radius 1 is 1.15 bits per heavy atom. The molecule has 1 aromatic carbocycles. The van der Waals surface area contributed by atoms with E-state index in [0.717, 1.165) is 31.3 Å². The summed E-state index contributed by atoms with van der Waals surface area (Å²) in [6, 6.07) is 10.9. The van der Waals surface area contributed by atoms with Gasteiger partial charge in [-0.1, -0.05) is 74.6 Å². The van der Waals surface area contributed by atoms with Gasteiger partial charge in [0.15, 0.2) is 0 Å². The zero-order valence-electron chi connectivity index (χ0n) is 20.8. The number of rotatable bonds is 9. The van der Waals surface area contributed by atoms with Crippen LogP contribution in [0.15, 0.2) is 52.6 Å². The molecule has 1 aliphatic carbocycles. The van der Waals surface area contributed by atoms with Crippen molar-refractivity contribution in [2.24, 2.45) is 11.8 Å². The van der Waals surface area contributed by atoms with Gasteiger partial charge in [-0.05, 0) is 57.1 Å². The average Bonchev–Trinajstić information content (AvgIpc) is 3.28. The van der Waals surface area contributed by atoms with Gasteiger partial charge in [-0.25, -0.2) is 4.98 Å². The molecule has 4 nitrogen and oxygen atoms in total. The highest BCUT2D eigenvalue weighted by Crippen LogP contribution is 2.40. The van der Waals surface area contributed by atoms with Gasteiger partial charge in [-0.2, -0.15) is 0 Å². The van der Waals surface area contributed by atoms with E-state index in [-0.39, 0.29) is 5.92 Å². The number of ether oxygens (including phenoxy) is 1. The fourth-order valence-corrected chi connectivity index (χ4v) is 5.67. The number of piperidine rings is 1. The topological polar surface area (TPSA) is 38.5 Å². The molecule has 4 heteroatoms. The number of hydrogen-bond acceptors (Lipinski definition) is 4. The first-order valence-corrected chi connectivity index (χ1v) is 13.1. The summed E-state index contributed by atoms with van der Waals surface area (Å²) in [4.78, 5) is 7.31. The van der Waals surface area contributed by atoms with Crippen LogP contribution in [0.2, 0.25) is 0 Å². The van der Waals surface area contributed by atoms with Crippen molar-refractivity contribution in [2.75, 3.05) is 19.7 Å². The van der Waals surface area contributed by atoms with Crippen molar-refractivity contribution in [3.8, 4) is 0 Å². The summed E-state index contributed by atoms with van der Waals surface area (Å²) in [6.45, 7) is 10.1. The standard InChI is InChI=1S/C29H42N2O2/c1-4-23-15-17-31(21-27(23)32-18-16-22(2)3)20-26-19-30-29(33-26)28(24-11-7-5-8-12-24)25-13-9-6-10-14-25/h5,7-8,11-12,16,19,23,25,27-28H,4,6,9-10,13-15,17-18,20-21H2,1-3H3. The average molecular weight is 451 g/mol. The van der Waals surface area contributed by atoms with Crippen molar-refractivity contribution in [2.45, 2.75) is 84.3 Å². The van der Waals surface area contributed by atoms with E-state index >= 15 is 0 Å². The molecular weight excluding hydrogens is 408 g/mol. The van der Waals surface area contributed by atoms with Gasteiger partial charge >= 0.3 is 0 Å². The summed E-state index contributed by atoms with van der Waals surface area (Å²) in [5, 5.41) is 0. The Kier molecular flexibility index (Phi) is 8.80. The zero-order chi connectivity index (χ0) is 23.0. The third-order valence-corrected chi connectivity index (χ3v) is 7.60. The van der Waals surface area contributed by atoms with E-state index in [1.165, 1.54) is 56.1 Å². The van der Waals surface area contributed by atoms with Gasteiger partial charge in [0.2, 0.25) is 5.89 Å². The highest BCUT2D eigenvalue weighted by Gasteiger charge is 2.32. The SMILES string of the molecule is CCC1CCN(Cc2cnc(C(c3ccccc3)C3CCCCC3)o2)CC1OCC=C(C)C. The minimum atomic E-state index is 0.270. The Hall–Kier alpha value is -1.91. The summed E-state index contributed by atoms with van der Waals surface area (Å²) in [5.74, 6) is 3.43. The molecule has 2 aliphatic rings. The third kappa shape index (κ3) is 6.58. The van der Waals surface area contributed by atoms with Gasteiger partial charge in [0, 0.05) is 6.54 Å². The quantitative estimate of drug-likeness (QED) is 0.387. The van der Waals surface area contributed by atoms with E-state index in [0.29, 0.717) is 24.5 Å². The Bertz CT molecular complexity index is 865. The first kappa shape index (κ1) is 24.2. The second kappa shape index (κ2) is 12.0. The number of oxazole rings is 1. The van der Waals surface area contributed by atoms with Crippen LogP contribution in [0, 0.1) is 11.8 Å². The Morgan fingerprint density at radius 3 is 2.67 bits per heavy atom. The van der Waals surface area contributed by atoms with Crippen molar-refractivity contribution in [1.29, 1.82) is 0 Å². The number of hydrogen-bond donors (Lipinski definition) is 0. The minimum Gasteiger partial charge on any atom is -0.444 e. The highest BCUT2D eigenvalue weighted by molar-refractivity contribution is 5.26. The summed E-state index contributed by atoms with van der Waals surface area (Å²) in [6.07, 6.45) is 13.4. The van der Waals surface area contributed by atoms with Crippen molar-refractivity contribution in [1.82, 2.24) is 9.88 Å². The molecule has 1 aromatic heterocycles. The van der Waals surface area contributed by atoms with Crippen LogP contribution in [0.3, 0.4) is 0 Å². The molecule has 1 aliphatic heterocycles. The third-order valence-electron chi connectivity index (χ3n) is 7.60. The number of allylic oxidation sites excluding steroid dienone is 1. The molecule has 2 fully saturated rings. The van der Waals surface area contributed by atoms with Crippen LogP contribution >= 0.6 is 0 Å². The predicted octanol–water partition coefficient (Wildman–Crippen LogP) is 6.97. The molecule has 4 rings (SSSR count). The number of likely N-dealkylation sites (tertiary alicyclic amines) is 1. The zero-order valence-corrected chi connectivity index (χ0v) is 20.8. The van der Waals surface area contributed by atoms with Crippen molar-refractivity contribution in [3.63, 3.8) is 0 Å². The molecule has 1 saturated carbocycles. The largest absolute Gasteiger partial charge is 0.444 e. The van der Waals surface area contributed by atoms with Gasteiger partial charge in [0.1, 0.15) is 5.76 Å². The second-order valence-corrected chi connectivity index (χ2v) is 10.3. The van der Waals surface area contributed by atoms with Gasteiger partial charge < -0.3 is 9.15 Å². The number of nitrogens with zero attached hydrogens (tertiary/aromatic N) is 2. The van der Waals surface area contributed by atoms with E-state index in [1.807, 2.05) is 6.20 Å². The lowest BCUT2D eigenvalue weighted by Gasteiger charge is -2.37. The monoisotopic (exact) mass is 450 g/mol. The van der Waals surface area contributed by atoms with Crippen LogP contribution in [0.5, 0.6) is 0 Å². The molecule has 0 amide bonds. The molecule has 0 radical (unpaired) electrons. The van der Waals surface area contributed by atoms with Crippen LogP contribution in [0.1, 0.15) is 88.8 Å². The van der Waals surface area contributed by atoms with Crippen LogP contribution in [-0.4, -0.2) is 35.7 Å². The Balaban J connectivity index is 1.44. The molecule has 0 bridgehead atoms. The summed E-state index contributed by atoms with van der Waals surface area (Å²) < 4.78 is 12.7. The fraction of sp³-hybridized carbons (Fsp3) is 0.621.